The van der Waals surface area contributed by atoms with Gasteiger partial charge < -0.3 is 25.7 Å². The van der Waals surface area contributed by atoms with Crippen LogP contribution in [0.3, 0.4) is 0 Å². The maximum Gasteiger partial charge on any atom is 0.251 e. The van der Waals surface area contributed by atoms with Crippen molar-refractivity contribution in [3.63, 3.8) is 0 Å². The second-order valence-electron chi connectivity index (χ2n) is 16.1. The topological polar surface area (TPSA) is 129 Å². The normalized spacial score (nSPS) is 14.6. The number of benzene rings is 3. The van der Waals surface area contributed by atoms with E-state index in [1.807, 2.05) is 67.6 Å². The van der Waals surface area contributed by atoms with Gasteiger partial charge in [0.25, 0.3) is 11.8 Å². The molecule has 292 valence electrons. The molecule has 0 saturated heterocycles. The molecule has 12 heteroatoms. The molecule has 4 atom stereocenters. The second kappa shape index (κ2) is 19.2. The number of hydrogen-bond donors (Lipinski definition) is 4. The molecule has 4 N–H and O–H groups in total. The predicted octanol–water partition coefficient (Wildman–Crippen LogP) is 6.53. The average Bonchev–Trinajstić information content (AvgIpc) is 3.08. The zero-order valence-corrected chi connectivity index (χ0v) is 35.4. The van der Waals surface area contributed by atoms with Crippen LogP contribution in [0.5, 0.6) is 0 Å². The Balaban J connectivity index is 1.94. The van der Waals surface area contributed by atoms with Gasteiger partial charge >= 0.3 is 0 Å². The summed E-state index contributed by atoms with van der Waals surface area (Å²) in [5.41, 5.74) is 2.54. The van der Waals surface area contributed by atoms with Crippen LogP contribution in [-0.2, 0) is 20.9 Å². The van der Waals surface area contributed by atoms with Crippen LogP contribution in [0.1, 0.15) is 86.4 Å². The van der Waals surface area contributed by atoms with E-state index in [0.29, 0.717) is 25.4 Å². The molecule has 0 spiro atoms. The van der Waals surface area contributed by atoms with E-state index >= 15 is 0 Å². The smallest absolute Gasteiger partial charge is 0.251 e. The minimum Gasteiger partial charge on any atom is -0.413 e. The van der Waals surface area contributed by atoms with Crippen molar-refractivity contribution in [1.29, 1.82) is 0 Å². The maximum absolute atomic E-state index is 14.1. The Morgan fingerprint density at radius 3 is 1.89 bits per heavy atom. The Labute approximate surface area is 320 Å². The molecular weight excluding hydrogens is 703 g/mol. The first-order valence-electron chi connectivity index (χ1n) is 18.6. The van der Waals surface area contributed by atoms with Gasteiger partial charge in [0.15, 0.2) is 8.32 Å². The summed E-state index contributed by atoms with van der Waals surface area (Å²) in [6.07, 6.45) is 1.54. The van der Waals surface area contributed by atoms with Gasteiger partial charge in [-0.15, -0.1) is 0 Å². The minimum atomic E-state index is -3.69. The summed E-state index contributed by atoms with van der Waals surface area (Å²) in [7, 11) is -4.35. The molecule has 0 saturated carbocycles. The average molecular weight is 766 g/mol. The van der Waals surface area contributed by atoms with Gasteiger partial charge in [-0.1, -0.05) is 95.3 Å². The Morgan fingerprint density at radius 1 is 0.811 bits per heavy atom. The molecule has 0 fully saturated rings. The van der Waals surface area contributed by atoms with E-state index in [1.165, 1.54) is 25.2 Å². The fraction of sp³-hybridized carbons (Fsp3) is 0.512. The molecular formula is C41H63N5O5SSi. The lowest BCUT2D eigenvalue weighted by molar-refractivity contribution is 0.0932. The van der Waals surface area contributed by atoms with Gasteiger partial charge in [-0.3, -0.25) is 13.9 Å². The monoisotopic (exact) mass is 765 g/mol. The Bertz CT molecular complexity index is 1730. The number of nitrogens with one attached hydrogen (secondary N) is 4. The number of hydrogen-bond acceptors (Lipinski definition) is 7. The highest BCUT2D eigenvalue weighted by Crippen LogP contribution is 2.37. The molecule has 0 aliphatic rings. The van der Waals surface area contributed by atoms with Gasteiger partial charge in [-0.2, -0.15) is 0 Å². The maximum atomic E-state index is 14.1. The summed E-state index contributed by atoms with van der Waals surface area (Å²) < 4.78 is 33.1. The van der Waals surface area contributed by atoms with E-state index in [2.05, 4.69) is 75.9 Å². The molecule has 0 aromatic heterocycles. The highest BCUT2D eigenvalue weighted by Gasteiger charge is 2.39. The minimum absolute atomic E-state index is 0.0355. The van der Waals surface area contributed by atoms with Crippen molar-refractivity contribution < 1.29 is 22.4 Å². The number of carbonyl (C=O) groups excluding carboxylic acids is 2. The van der Waals surface area contributed by atoms with E-state index in [-0.39, 0.29) is 46.1 Å². The summed E-state index contributed by atoms with van der Waals surface area (Å²) in [5.74, 6) is -0.348. The van der Waals surface area contributed by atoms with Gasteiger partial charge in [0.2, 0.25) is 10.0 Å². The fourth-order valence-electron chi connectivity index (χ4n) is 5.64. The molecule has 0 aliphatic heterocycles. The third-order valence-electron chi connectivity index (χ3n) is 10.0. The Morgan fingerprint density at radius 2 is 1.36 bits per heavy atom. The molecule has 3 rings (SSSR count). The van der Waals surface area contributed by atoms with E-state index in [1.54, 1.807) is 0 Å². The lowest BCUT2D eigenvalue weighted by atomic mass is 10.0. The van der Waals surface area contributed by atoms with Crippen LogP contribution in [0, 0.1) is 5.92 Å². The SMILES string of the molecule is CC(C)CNC[C@@H](NC[C@H](Cc1ccccc1)NC(=O)c1cc(C(=O)N[C@H](C)c2ccccc2)cc(N(C)S(C)(=O)=O)c1)[C@H](C)O[Si](C)(C)C(C)(C)C. The van der Waals surface area contributed by atoms with Gasteiger partial charge in [-0.25, -0.2) is 8.42 Å². The summed E-state index contributed by atoms with van der Waals surface area (Å²) in [6, 6.07) is 23.3. The molecule has 0 aliphatic carbocycles. The number of nitrogens with zero attached hydrogens (tertiary/aromatic N) is 1. The summed E-state index contributed by atoms with van der Waals surface area (Å²) in [6.45, 7) is 21.6. The summed E-state index contributed by atoms with van der Waals surface area (Å²) >= 11 is 0. The zero-order valence-electron chi connectivity index (χ0n) is 33.6. The van der Waals surface area contributed by atoms with E-state index < -0.39 is 30.2 Å². The van der Waals surface area contributed by atoms with E-state index in [9.17, 15) is 18.0 Å². The van der Waals surface area contributed by atoms with Crippen molar-refractivity contribution in [2.24, 2.45) is 5.92 Å². The van der Waals surface area contributed by atoms with Crippen LogP contribution in [0.2, 0.25) is 18.1 Å². The molecule has 0 bridgehead atoms. The quantitative estimate of drug-likeness (QED) is 0.102. The molecule has 3 aromatic carbocycles. The number of anilines is 1. The first kappa shape index (κ1) is 43.8. The second-order valence-corrected chi connectivity index (χ2v) is 22.9. The van der Waals surface area contributed by atoms with Crippen molar-refractivity contribution in [2.45, 2.75) is 97.2 Å². The van der Waals surface area contributed by atoms with Crippen LogP contribution in [0.4, 0.5) is 5.69 Å². The van der Waals surface area contributed by atoms with Crippen LogP contribution >= 0.6 is 0 Å². The lowest BCUT2D eigenvalue weighted by Gasteiger charge is -2.41. The number of amides is 2. The zero-order chi connectivity index (χ0) is 39.6. The lowest BCUT2D eigenvalue weighted by Crippen LogP contribution is -2.55. The van der Waals surface area contributed by atoms with Crippen LogP contribution in [0.15, 0.2) is 78.9 Å². The van der Waals surface area contributed by atoms with Crippen LogP contribution in [-0.4, -0.2) is 79.7 Å². The number of rotatable bonds is 19. The Kier molecular flexibility index (Phi) is 15.9. The first-order chi connectivity index (χ1) is 24.7. The molecule has 53 heavy (non-hydrogen) atoms. The molecule has 3 aromatic rings. The van der Waals surface area contributed by atoms with Gasteiger partial charge in [0.1, 0.15) is 0 Å². The Hall–Kier alpha value is -3.55. The van der Waals surface area contributed by atoms with Crippen molar-refractivity contribution in [1.82, 2.24) is 21.3 Å². The van der Waals surface area contributed by atoms with Crippen molar-refractivity contribution in [2.75, 3.05) is 37.2 Å². The van der Waals surface area contributed by atoms with Crippen LogP contribution in [0.25, 0.3) is 0 Å². The number of sulfonamides is 1. The highest BCUT2D eigenvalue weighted by atomic mass is 32.2. The van der Waals surface area contributed by atoms with Crippen LogP contribution < -0.4 is 25.6 Å². The molecule has 2 amide bonds. The summed E-state index contributed by atoms with van der Waals surface area (Å²) in [5, 5.41) is 13.6. The van der Waals surface area contributed by atoms with Gasteiger partial charge in [-0.05, 0) is 80.2 Å². The first-order valence-corrected chi connectivity index (χ1v) is 23.3. The summed E-state index contributed by atoms with van der Waals surface area (Å²) in [4.78, 5) is 27.7. The van der Waals surface area contributed by atoms with E-state index in [0.717, 1.165) is 28.2 Å². The standard InChI is InChI=1S/C41H63N5O5SSi/c1-29(2)26-42-28-38(31(4)51-53(10,11)41(5,6)7)43-27-36(22-32-18-14-12-15-19-32)45-40(48)35-23-34(24-37(25-35)46(8)52(9,49)50)39(47)44-30(3)33-20-16-13-17-21-33/h12-21,23-25,29-31,36,38,42-43H,22,26-28H2,1-11H3,(H,44,47)(H,45,48)/t30-,31+,36+,38-/m1/s1. The fourth-order valence-corrected chi connectivity index (χ4v) is 7.58. The predicted molar refractivity (Wildman–Crippen MR) is 221 cm³/mol. The highest BCUT2D eigenvalue weighted by molar-refractivity contribution is 7.92. The third kappa shape index (κ3) is 13.7. The van der Waals surface area contributed by atoms with Crippen molar-refractivity contribution in [3.05, 3.63) is 101 Å². The van der Waals surface area contributed by atoms with Crippen molar-refractivity contribution >= 4 is 35.8 Å². The number of carbonyl (C=O) groups is 2. The van der Waals surface area contributed by atoms with Gasteiger partial charge in [0.05, 0.1) is 24.1 Å². The third-order valence-corrected chi connectivity index (χ3v) is 15.8. The molecule has 0 unspecified atom stereocenters. The molecule has 0 radical (unpaired) electrons. The van der Waals surface area contributed by atoms with Gasteiger partial charge in [0, 0.05) is 43.3 Å². The molecule has 0 heterocycles. The van der Waals surface area contributed by atoms with E-state index in [4.69, 9.17) is 4.43 Å². The largest absolute Gasteiger partial charge is 0.413 e. The molecule has 10 nitrogen and oxygen atoms in total. The van der Waals surface area contributed by atoms with Crippen molar-refractivity contribution in [3.8, 4) is 0 Å².